The highest BCUT2D eigenvalue weighted by Gasteiger charge is 2.37. The van der Waals surface area contributed by atoms with E-state index in [4.69, 9.17) is 0 Å². The number of β-amino-alcohol motifs (C(OH)–C–C–N with tert-alkyl or cyclic N) is 1. The van der Waals surface area contributed by atoms with Gasteiger partial charge in [0, 0.05) is 12.1 Å². The first kappa shape index (κ1) is 12.5. The van der Waals surface area contributed by atoms with Crippen molar-refractivity contribution in [2.45, 2.75) is 32.3 Å². The van der Waals surface area contributed by atoms with E-state index in [2.05, 4.69) is 4.90 Å². The van der Waals surface area contributed by atoms with Crippen molar-refractivity contribution in [3.8, 4) is 0 Å². The molecule has 0 bridgehead atoms. The average molecular weight is 237 g/mol. The lowest BCUT2D eigenvalue weighted by Crippen LogP contribution is -2.45. The molecule has 0 saturated carbocycles. The molecule has 3 heteroatoms. The summed E-state index contributed by atoms with van der Waals surface area (Å²) in [6.45, 7) is 5.22. The summed E-state index contributed by atoms with van der Waals surface area (Å²) in [6.07, 6.45) is 1.54. The van der Waals surface area contributed by atoms with Gasteiger partial charge in [0.1, 0.15) is 11.4 Å². The Labute approximate surface area is 102 Å². The van der Waals surface area contributed by atoms with Gasteiger partial charge in [-0.1, -0.05) is 6.07 Å². The van der Waals surface area contributed by atoms with Crippen LogP contribution in [-0.2, 0) is 5.60 Å². The van der Waals surface area contributed by atoms with Gasteiger partial charge in [-0.3, -0.25) is 0 Å². The highest BCUT2D eigenvalue weighted by atomic mass is 19.1. The predicted octanol–water partition coefficient (Wildman–Crippen LogP) is 2.36. The number of nitrogens with zero attached hydrogens (tertiary/aromatic N) is 1. The van der Waals surface area contributed by atoms with Crippen molar-refractivity contribution < 1.29 is 9.50 Å². The largest absolute Gasteiger partial charge is 0.384 e. The molecule has 1 atom stereocenters. The maximum Gasteiger partial charge on any atom is 0.129 e. The van der Waals surface area contributed by atoms with Crippen LogP contribution in [0.2, 0.25) is 0 Å². The smallest absolute Gasteiger partial charge is 0.129 e. The summed E-state index contributed by atoms with van der Waals surface area (Å²) in [5.41, 5.74) is 1.20. The number of aryl methyl sites for hydroxylation is 2. The van der Waals surface area contributed by atoms with E-state index >= 15 is 0 Å². The number of hydrogen-bond acceptors (Lipinski definition) is 2. The van der Waals surface area contributed by atoms with Gasteiger partial charge in [0.2, 0.25) is 0 Å². The molecular formula is C14H20FNO. The van der Waals surface area contributed by atoms with Crippen LogP contribution in [0.15, 0.2) is 12.1 Å². The number of benzene rings is 1. The van der Waals surface area contributed by atoms with Gasteiger partial charge < -0.3 is 10.0 Å². The summed E-state index contributed by atoms with van der Waals surface area (Å²) in [7, 11) is 1.96. The molecule has 0 spiro atoms. The predicted molar refractivity (Wildman–Crippen MR) is 66.5 cm³/mol. The number of halogens is 1. The minimum absolute atomic E-state index is 0.277. The minimum Gasteiger partial charge on any atom is -0.384 e. The lowest BCUT2D eigenvalue weighted by molar-refractivity contribution is -0.0308. The summed E-state index contributed by atoms with van der Waals surface area (Å²) >= 11 is 0. The first-order valence-electron chi connectivity index (χ1n) is 6.10. The van der Waals surface area contributed by atoms with Crippen LogP contribution in [0, 0.1) is 19.7 Å². The molecule has 94 valence electrons. The fourth-order valence-corrected chi connectivity index (χ4v) is 2.96. The molecule has 0 aromatic heterocycles. The van der Waals surface area contributed by atoms with Crippen LogP contribution >= 0.6 is 0 Å². The molecule has 1 aromatic carbocycles. The molecule has 0 radical (unpaired) electrons. The minimum atomic E-state index is -1.03. The van der Waals surface area contributed by atoms with Crippen LogP contribution in [0.5, 0.6) is 0 Å². The van der Waals surface area contributed by atoms with Crippen molar-refractivity contribution in [1.82, 2.24) is 4.90 Å². The van der Waals surface area contributed by atoms with Crippen LogP contribution in [0.3, 0.4) is 0 Å². The maximum atomic E-state index is 14.1. The maximum absolute atomic E-state index is 14.1. The Kier molecular flexibility index (Phi) is 3.23. The third-order valence-corrected chi connectivity index (χ3v) is 3.56. The van der Waals surface area contributed by atoms with Crippen LogP contribution in [0.1, 0.15) is 29.5 Å². The Bertz CT molecular complexity index is 409. The van der Waals surface area contributed by atoms with E-state index in [1.165, 1.54) is 6.07 Å². The molecule has 1 aromatic rings. The van der Waals surface area contributed by atoms with Gasteiger partial charge in [-0.25, -0.2) is 4.39 Å². The molecular weight excluding hydrogens is 217 g/mol. The molecule has 1 fully saturated rings. The number of likely N-dealkylation sites (N-methyl/N-ethyl adjacent to an activating group) is 1. The molecule has 2 nitrogen and oxygen atoms in total. The first-order valence-corrected chi connectivity index (χ1v) is 6.10. The summed E-state index contributed by atoms with van der Waals surface area (Å²) in [5.74, 6) is -0.277. The summed E-state index contributed by atoms with van der Waals surface area (Å²) in [6, 6.07) is 3.44. The van der Waals surface area contributed by atoms with Gasteiger partial charge in [-0.15, -0.1) is 0 Å². The zero-order valence-electron chi connectivity index (χ0n) is 10.8. The van der Waals surface area contributed by atoms with Gasteiger partial charge in [0.15, 0.2) is 0 Å². The Hall–Kier alpha value is -0.930. The highest BCUT2D eigenvalue weighted by Crippen LogP contribution is 2.35. The molecule has 1 aliphatic rings. The summed E-state index contributed by atoms with van der Waals surface area (Å²) in [5, 5.41) is 10.7. The number of likely N-dealkylation sites (tertiary alicyclic amines) is 1. The number of rotatable bonds is 1. The van der Waals surface area contributed by atoms with E-state index in [-0.39, 0.29) is 5.82 Å². The van der Waals surface area contributed by atoms with Crippen molar-refractivity contribution in [3.05, 3.63) is 34.6 Å². The molecule has 1 heterocycles. The van der Waals surface area contributed by atoms with Crippen molar-refractivity contribution in [3.63, 3.8) is 0 Å². The summed E-state index contributed by atoms with van der Waals surface area (Å²) in [4.78, 5) is 2.06. The quantitative estimate of drug-likeness (QED) is 0.810. The number of aliphatic hydroxyl groups is 1. The van der Waals surface area contributed by atoms with Crippen LogP contribution in [0.4, 0.5) is 4.39 Å². The molecule has 0 aliphatic carbocycles. The van der Waals surface area contributed by atoms with E-state index in [9.17, 15) is 9.50 Å². The Balaban J connectivity index is 2.45. The molecule has 1 saturated heterocycles. The van der Waals surface area contributed by atoms with Crippen LogP contribution in [0.25, 0.3) is 0 Å². The van der Waals surface area contributed by atoms with Gasteiger partial charge in [0.25, 0.3) is 0 Å². The Morgan fingerprint density at radius 2 is 2.06 bits per heavy atom. The van der Waals surface area contributed by atoms with Crippen LogP contribution < -0.4 is 0 Å². The van der Waals surface area contributed by atoms with Crippen LogP contribution in [-0.4, -0.2) is 30.1 Å². The fourth-order valence-electron chi connectivity index (χ4n) is 2.96. The van der Waals surface area contributed by atoms with E-state index in [1.54, 1.807) is 0 Å². The highest BCUT2D eigenvalue weighted by molar-refractivity contribution is 5.36. The number of hydrogen-bond donors (Lipinski definition) is 1. The second kappa shape index (κ2) is 4.39. The normalized spacial score (nSPS) is 26.2. The van der Waals surface area contributed by atoms with E-state index < -0.39 is 5.60 Å². The fraction of sp³-hybridized carbons (Fsp3) is 0.571. The third-order valence-electron chi connectivity index (χ3n) is 3.56. The molecule has 1 N–H and O–H groups in total. The average Bonchev–Trinajstić information content (AvgIpc) is 2.14. The number of piperidine rings is 1. The summed E-state index contributed by atoms with van der Waals surface area (Å²) < 4.78 is 14.1. The molecule has 1 aliphatic heterocycles. The third kappa shape index (κ3) is 2.35. The molecule has 1 unspecified atom stereocenters. The lowest BCUT2D eigenvalue weighted by Gasteiger charge is -2.38. The SMILES string of the molecule is Cc1cc(C)c(C2(O)CCCN(C)C2)c(F)c1. The first-order chi connectivity index (χ1) is 7.92. The topological polar surface area (TPSA) is 23.5 Å². The molecule has 17 heavy (non-hydrogen) atoms. The Morgan fingerprint density at radius 1 is 1.35 bits per heavy atom. The second-order valence-electron chi connectivity index (χ2n) is 5.31. The van der Waals surface area contributed by atoms with E-state index in [0.717, 1.165) is 24.1 Å². The lowest BCUT2D eigenvalue weighted by atomic mass is 9.82. The van der Waals surface area contributed by atoms with Gasteiger partial charge >= 0.3 is 0 Å². The van der Waals surface area contributed by atoms with Crippen molar-refractivity contribution in [2.24, 2.45) is 0 Å². The van der Waals surface area contributed by atoms with Gasteiger partial charge in [-0.05, 0) is 57.5 Å². The molecule has 2 rings (SSSR count). The zero-order chi connectivity index (χ0) is 12.6. The van der Waals surface area contributed by atoms with Crippen molar-refractivity contribution >= 4 is 0 Å². The van der Waals surface area contributed by atoms with E-state index in [0.29, 0.717) is 18.5 Å². The van der Waals surface area contributed by atoms with E-state index in [1.807, 2.05) is 27.0 Å². The molecule has 0 amide bonds. The monoisotopic (exact) mass is 237 g/mol. The van der Waals surface area contributed by atoms with Gasteiger partial charge in [-0.2, -0.15) is 0 Å². The zero-order valence-corrected chi connectivity index (χ0v) is 10.8. The second-order valence-corrected chi connectivity index (χ2v) is 5.31. The standard InChI is InChI=1S/C14H20FNO/c1-10-7-11(2)13(12(15)8-10)14(17)5-4-6-16(3)9-14/h7-8,17H,4-6,9H2,1-3H3. The van der Waals surface area contributed by atoms with Crippen molar-refractivity contribution in [1.29, 1.82) is 0 Å². The Morgan fingerprint density at radius 3 is 2.65 bits per heavy atom. The van der Waals surface area contributed by atoms with Crippen molar-refractivity contribution in [2.75, 3.05) is 20.1 Å². The van der Waals surface area contributed by atoms with Gasteiger partial charge in [0.05, 0.1) is 0 Å².